The summed E-state index contributed by atoms with van der Waals surface area (Å²) < 4.78 is 12.0. The van der Waals surface area contributed by atoms with Crippen LogP contribution in [0.15, 0.2) is 59.5 Å². The highest BCUT2D eigenvalue weighted by Crippen LogP contribution is 2.10. The van der Waals surface area contributed by atoms with Crippen molar-refractivity contribution in [2.45, 2.75) is 4.90 Å². The third kappa shape index (κ3) is 3.77. The molecule has 1 atom stereocenters. The number of hydrogen-bond acceptors (Lipinski definition) is 3. The summed E-state index contributed by atoms with van der Waals surface area (Å²) in [6.45, 7) is 0. The number of anilines is 1. The molecule has 0 heterocycles. The van der Waals surface area contributed by atoms with Gasteiger partial charge in [-0.2, -0.15) is 5.26 Å². The first-order chi connectivity index (χ1) is 9.69. The lowest BCUT2D eigenvalue weighted by Gasteiger charge is -2.05. The predicted molar refractivity (Wildman–Crippen MR) is 77.5 cm³/mol. The number of rotatable bonds is 4. The number of carbonyl (C=O) groups is 1. The summed E-state index contributed by atoms with van der Waals surface area (Å²) in [5.41, 5.74) is 1.11. The molecule has 100 valence electrons. The summed E-state index contributed by atoms with van der Waals surface area (Å²) in [5, 5.41) is 11.3. The van der Waals surface area contributed by atoms with Gasteiger partial charge in [-0.15, -0.1) is 0 Å². The first-order valence-electron chi connectivity index (χ1n) is 5.92. The normalized spacial score (nSPS) is 11.3. The molecule has 0 aliphatic rings. The molecule has 0 aliphatic heterocycles. The molecule has 2 aromatic rings. The van der Waals surface area contributed by atoms with Gasteiger partial charge >= 0.3 is 0 Å². The predicted octanol–water partition coefficient (Wildman–Crippen LogP) is 2.30. The Morgan fingerprint density at radius 1 is 1.10 bits per heavy atom. The van der Waals surface area contributed by atoms with Gasteiger partial charge in [0.15, 0.2) is 0 Å². The zero-order valence-electron chi connectivity index (χ0n) is 10.6. The molecule has 1 N–H and O–H groups in total. The van der Waals surface area contributed by atoms with Crippen molar-refractivity contribution in [1.82, 2.24) is 0 Å². The molecular weight excluding hydrogens is 272 g/mol. The van der Waals surface area contributed by atoms with E-state index in [1.54, 1.807) is 48.5 Å². The van der Waals surface area contributed by atoms with Crippen LogP contribution in [0.25, 0.3) is 0 Å². The molecule has 5 heteroatoms. The van der Waals surface area contributed by atoms with Gasteiger partial charge in [-0.05, 0) is 36.4 Å². The summed E-state index contributed by atoms with van der Waals surface area (Å²) in [4.78, 5) is 12.4. The SMILES string of the molecule is N#Cc1ccc(NC(=O)CS(=O)c2ccccc2)cc1. The fourth-order valence-electron chi connectivity index (χ4n) is 1.60. The Morgan fingerprint density at radius 2 is 1.75 bits per heavy atom. The van der Waals surface area contributed by atoms with Gasteiger partial charge in [0.1, 0.15) is 5.75 Å². The molecular formula is C15H12N2O2S. The summed E-state index contributed by atoms with van der Waals surface area (Å²) in [6.07, 6.45) is 0. The molecule has 0 saturated carbocycles. The Bertz CT molecular complexity index is 661. The van der Waals surface area contributed by atoms with Crippen molar-refractivity contribution in [3.63, 3.8) is 0 Å². The van der Waals surface area contributed by atoms with Crippen molar-refractivity contribution in [3.05, 3.63) is 60.2 Å². The molecule has 0 spiro atoms. The molecule has 0 bridgehead atoms. The number of carbonyl (C=O) groups excluding carboxylic acids is 1. The number of amides is 1. The van der Waals surface area contributed by atoms with Crippen LogP contribution >= 0.6 is 0 Å². The minimum atomic E-state index is -1.36. The number of nitrogens with zero attached hydrogens (tertiary/aromatic N) is 1. The second-order valence-electron chi connectivity index (χ2n) is 4.04. The van der Waals surface area contributed by atoms with E-state index in [1.807, 2.05) is 12.1 Å². The van der Waals surface area contributed by atoms with Gasteiger partial charge in [0, 0.05) is 10.6 Å². The topological polar surface area (TPSA) is 70.0 Å². The molecule has 2 aromatic carbocycles. The average molecular weight is 284 g/mol. The van der Waals surface area contributed by atoms with Crippen LogP contribution < -0.4 is 5.32 Å². The number of nitriles is 1. The zero-order chi connectivity index (χ0) is 14.4. The number of benzene rings is 2. The van der Waals surface area contributed by atoms with Gasteiger partial charge in [0.2, 0.25) is 5.91 Å². The van der Waals surface area contributed by atoms with Gasteiger partial charge in [-0.3, -0.25) is 9.00 Å². The molecule has 0 aliphatic carbocycles. The van der Waals surface area contributed by atoms with E-state index >= 15 is 0 Å². The third-order valence-corrected chi connectivity index (χ3v) is 3.89. The van der Waals surface area contributed by atoms with Gasteiger partial charge < -0.3 is 5.32 Å². The molecule has 1 unspecified atom stereocenters. The average Bonchev–Trinajstić information content (AvgIpc) is 2.49. The highest BCUT2D eigenvalue weighted by molar-refractivity contribution is 7.85. The Kier molecular flexibility index (Phi) is 4.64. The monoisotopic (exact) mass is 284 g/mol. The largest absolute Gasteiger partial charge is 0.325 e. The van der Waals surface area contributed by atoms with Crippen molar-refractivity contribution >= 4 is 22.4 Å². The van der Waals surface area contributed by atoms with Crippen LogP contribution in [0.5, 0.6) is 0 Å². The first kappa shape index (κ1) is 14.0. The first-order valence-corrected chi connectivity index (χ1v) is 7.24. The lowest BCUT2D eigenvalue weighted by molar-refractivity contribution is -0.113. The van der Waals surface area contributed by atoms with Gasteiger partial charge in [0.25, 0.3) is 0 Å². The Morgan fingerprint density at radius 3 is 2.35 bits per heavy atom. The van der Waals surface area contributed by atoms with Crippen molar-refractivity contribution < 1.29 is 9.00 Å². The number of nitrogens with one attached hydrogen (secondary N) is 1. The maximum atomic E-state index is 12.0. The Labute approximate surface area is 119 Å². The maximum Gasteiger partial charge on any atom is 0.237 e. The van der Waals surface area contributed by atoms with Crippen LogP contribution in [0.3, 0.4) is 0 Å². The van der Waals surface area contributed by atoms with Crippen LogP contribution in [0.1, 0.15) is 5.56 Å². The lowest BCUT2D eigenvalue weighted by Crippen LogP contribution is -2.19. The van der Waals surface area contributed by atoms with Gasteiger partial charge in [-0.25, -0.2) is 0 Å². The quantitative estimate of drug-likeness (QED) is 0.936. The van der Waals surface area contributed by atoms with E-state index in [-0.39, 0.29) is 11.7 Å². The minimum Gasteiger partial charge on any atom is -0.325 e. The molecule has 4 nitrogen and oxygen atoms in total. The van der Waals surface area contributed by atoms with E-state index in [1.165, 1.54) is 0 Å². The lowest BCUT2D eigenvalue weighted by atomic mass is 10.2. The van der Waals surface area contributed by atoms with Crippen molar-refractivity contribution in [3.8, 4) is 6.07 Å². The Hall–Kier alpha value is -2.45. The van der Waals surface area contributed by atoms with E-state index in [0.717, 1.165) is 0 Å². The molecule has 1 amide bonds. The summed E-state index contributed by atoms with van der Waals surface area (Å²) >= 11 is 0. The summed E-state index contributed by atoms with van der Waals surface area (Å²) in [7, 11) is -1.36. The minimum absolute atomic E-state index is 0.0932. The van der Waals surface area contributed by atoms with Gasteiger partial charge in [0.05, 0.1) is 22.4 Å². The van der Waals surface area contributed by atoms with Crippen LogP contribution in [-0.2, 0) is 15.6 Å². The maximum absolute atomic E-state index is 12.0. The van der Waals surface area contributed by atoms with Crippen molar-refractivity contribution in [2.75, 3.05) is 11.1 Å². The molecule has 20 heavy (non-hydrogen) atoms. The molecule has 2 rings (SSSR count). The number of hydrogen-bond donors (Lipinski definition) is 1. The van der Waals surface area contributed by atoms with Crippen LogP contribution in [0, 0.1) is 11.3 Å². The van der Waals surface area contributed by atoms with E-state index in [9.17, 15) is 9.00 Å². The van der Waals surface area contributed by atoms with Gasteiger partial charge in [-0.1, -0.05) is 18.2 Å². The molecule has 0 radical (unpaired) electrons. The second kappa shape index (κ2) is 6.64. The second-order valence-corrected chi connectivity index (χ2v) is 5.49. The zero-order valence-corrected chi connectivity index (χ0v) is 11.4. The highest BCUT2D eigenvalue weighted by Gasteiger charge is 2.10. The Balaban J connectivity index is 1.95. The summed E-state index contributed by atoms with van der Waals surface area (Å²) in [6, 6.07) is 17.4. The van der Waals surface area contributed by atoms with E-state index in [4.69, 9.17) is 5.26 Å². The van der Waals surface area contributed by atoms with Crippen LogP contribution in [0.2, 0.25) is 0 Å². The van der Waals surface area contributed by atoms with E-state index in [2.05, 4.69) is 5.32 Å². The fourth-order valence-corrected chi connectivity index (χ4v) is 2.54. The molecule has 0 saturated heterocycles. The molecule has 0 aromatic heterocycles. The standard InChI is InChI=1S/C15H12N2O2S/c16-10-12-6-8-13(9-7-12)17-15(18)11-20(19)14-4-2-1-3-5-14/h1-9H,11H2,(H,17,18). The van der Waals surface area contributed by atoms with Crippen LogP contribution in [-0.4, -0.2) is 15.9 Å². The smallest absolute Gasteiger partial charge is 0.237 e. The van der Waals surface area contributed by atoms with Crippen molar-refractivity contribution in [2.24, 2.45) is 0 Å². The summed E-state index contributed by atoms with van der Waals surface area (Å²) in [5.74, 6) is -0.416. The fraction of sp³-hybridized carbons (Fsp3) is 0.0667. The highest BCUT2D eigenvalue weighted by atomic mass is 32.2. The van der Waals surface area contributed by atoms with Crippen LogP contribution in [0.4, 0.5) is 5.69 Å². The van der Waals surface area contributed by atoms with E-state index < -0.39 is 10.8 Å². The van der Waals surface area contributed by atoms with Crippen molar-refractivity contribution in [1.29, 1.82) is 5.26 Å². The van der Waals surface area contributed by atoms with E-state index in [0.29, 0.717) is 16.1 Å². The third-order valence-electron chi connectivity index (χ3n) is 2.57. The molecule has 0 fully saturated rings.